The van der Waals surface area contributed by atoms with Crippen molar-refractivity contribution in [2.24, 2.45) is 0 Å². The number of rotatable bonds is 3. The van der Waals surface area contributed by atoms with Crippen molar-refractivity contribution >= 4 is 18.1 Å². The number of fused-ring (bicyclic) bond motifs is 16. The first-order valence-electron chi connectivity index (χ1n) is 13.2. The van der Waals surface area contributed by atoms with Crippen LogP contribution in [0.15, 0.2) is 76.2 Å². The lowest BCUT2D eigenvalue weighted by molar-refractivity contribution is -0.140. The first-order chi connectivity index (χ1) is 21.1. The van der Waals surface area contributed by atoms with Crippen LogP contribution in [0.3, 0.4) is 0 Å². The molecule has 14 nitrogen and oxygen atoms in total. The van der Waals surface area contributed by atoms with Gasteiger partial charge in [-0.1, -0.05) is 19.1 Å². The Balaban J connectivity index is 1.29. The van der Waals surface area contributed by atoms with E-state index in [1.54, 1.807) is 12.2 Å². The number of nitrogens with zero attached hydrogens (tertiary/aromatic N) is 6. The molecule has 2 unspecified atom stereocenters. The van der Waals surface area contributed by atoms with Gasteiger partial charge in [0.05, 0.1) is 25.4 Å². The summed E-state index contributed by atoms with van der Waals surface area (Å²) in [5.41, 5.74) is 2.54. The minimum Gasteiger partial charge on any atom is -0.469 e. The van der Waals surface area contributed by atoms with E-state index in [-0.39, 0.29) is 41.8 Å². The number of methoxy groups -OCH3 is 1. The van der Waals surface area contributed by atoms with Gasteiger partial charge in [-0.2, -0.15) is 0 Å². The van der Waals surface area contributed by atoms with Gasteiger partial charge in [-0.05, 0) is 18.6 Å². The van der Waals surface area contributed by atoms with Gasteiger partial charge in [0, 0.05) is 0 Å². The number of ether oxygens (including phenoxy) is 1. The molecule has 0 aromatic carbocycles. The Morgan fingerprint density at radius 3 is 1.60 bits per heavy atom. The fourth-order valence-electron chi connectivity index (χ4n) is 4.38. The first kappa shape index (κ1) is 26.1. The monoisotopic (exact) mass is 582 g/mol. The molecule has 0 N–H and O–H groups in total. The molecular weight excluding hydrogens is 560 g/mol. The zero-order valence-electron chi connectivity index (χ0n) is 22.8. The number of carbonyl (C=O) groups excluding carboxylic acids is 1. The van der Waals surface area contributed by atoms with Gasteiger partial charge in [-0.3, -0.25) is 4.79 Å². The number of oxazole rings is 6. The molecule has 7 rings (SSSR count). The van der Waals surface area contributed by atoms with Gasteiger partial charge in [0.15, 0.2) is 22.8 Å². The highest BCUT2D eigenvalue weighted by Gasteiger charge is 2.23. The van der Waals surface area contributed by atoms with Crippen LogP contribution in [-0.2, 0) is 9.53 Å². The number of hydrogen-bond acceptors (Lipinski definition) is 14. The lowest BCUT2D eigenvalue weighted by Gasteiger charge is -2.06. The van der Waals surface area contributed by atoms with Crippen LogP contribution in [0, 0.1) is 0 Å². The molecule has 1 aliphatic rings. The maximum atomic E-state index is 12.2. The lowest BCUT2D eigenvalue weighted by Crippen LogP contribution is -2.07. The lowest BCUT2D eigenvalue weighted by atomic mass is 10.0. The smallest absolute Gasteiger partial charge is 0.306 e. The van der Waals surface area contributed by atoms with Crippen molar-refractivity contribution in [2.45, 2.75) is 31.6 Å². The Morgan fingerprint density at radius 1 is 0.628 bits per heavy atom. The molecule has 2 atom stereocenters. The molecule has 216 valence electrons. The van der Waals surface area contributed by atoms with E-state index in [4.69, 9.17) is 31.2 Å². The van der Waals surface area contributed by atoms with Gasteiger partial charge >= 0.3 is 5.97 Å². The molecular formula is C29H22N6O8. The summed E-state index contributed by atoms with van der Waals surface area (Å²) in [6, 6.07) is 0. The van der Waals surface area contributed by atoms with E-state index in [0.717, 1.165) is 6.42 Å². The maximum absolute atomic E-state index is 12.2. The van der Waals surface area contributed by atoms with Crippen LogP contribution in [0.5, 0.6) is 0 Å². The van der Waals surface area contributed by atoms with Crippen LogP contribution < -0.4 is 0 Å². The Hall–Kier alpha value is -5.79. The summed E-state index contributed by atoms with van der Waals surface area (Å²) in [6.07, 6.45) is 16.5. The van der Waals surface area contributed by atoms with E-state index in [1.165, 1.54) is 44.7 Å². The van der Waals surface area contributed by atoms with Crippen molar-refractivity contribution in [3.8, 4) is 46.3 Å². The van der Waals surface area contributed by atoms with Crippen LogP contribution in [0.1, 0.15) is 54.8 Å². The number of hydrogen-bond donors (Lipinski definition) is 0. The van der Waals surface area contributed by atoms with E-state index < -0.39 is 11.9 Å². The third kappa shape index (κ3) is 5.21. The predicted octanol–water partition coefficient (Wildman–Crippen LogP) is 6.16. The second kappa shape index (κ2) is 10.9. The van der Waals surface area contributed by atoms with Gasteiger partial charge in [0.25, 0.3) is 0 Å². The molecule has 0 saturated heterocycles. The van der Waals surface area contributed by atoms with Crippen molar-refractivity contribution in [2.75, 3.05) is 7.11 Å². The molecule has 6 aromatic heterocycles. The normalized spacial score (nSPS) is 17.7. The molecule has 0 amide bonds. The quantitative estimate of drug-likeness (QED) is 0.216. The summed E-state index contributed by atoms with van der Waals surface area (Å²) in [6.45, 7) is 2.02. The number of esters is 1. The molecule has 14 heteroatoms. The van der Waals surface area contributed by atoms with Crippen LogP contribution in [0.2, 0.25) is 0 Å². The topological polar surface area (TPSA) is 182 Å². The van der Waals surface area contributed by atoms with Crippen LogP contribution in [-0.4, -0.2) is 43.0 Å². The van der Waals surface area contributed by atoms with Crippen molar-refractivity contribution in [1.82, 2.24) is 29.9 Å². The first-order valence-corrected chi connectivity index (χ1v) is 13.2. The van der Waals surface area contributed by atoms with Crippen molar-refractivity contribution in [3.63, 3.8) is 0 Å². The molecule has 1 aliphatic heterocycles. The van der Waals surface area contributed by atoms with Gasteiger partial charge in [0.2, 0.25) is 35.3 Å². The van der Waals surface area contributed by atoms with Gasteiger partial charge in [-0.15, -0.1) is 0 Å². The number of carbonyl (C=O) groups is 1. The zero-order chi connectivity index (χ0) is 29.3. The third-order valence-corrected chi connectivity index (χ3v) is 6.66. The molecule has 0 aliphatic carbocycles. The highest BCUT2D eigenvalue weighted by molar-refractivity contribution is 5.71. The summed E-state index contributed by atoms with van der Waals surface area (Å²) in [7, 11) is 1.31. The minimum atomic E-state index is -0.589. The summed E-state index contributed by atoms with van der Waals surface area (Å²) in [4.78, 5) is 39.1. The molecule has 43 heavy (non-hydrogen) atoms. The SMILES string of the molecule is CCC1/C=C/c2coc(n2)-c2coc(n2)-c2coc(n2)C(CC(=O)OC)/C=C/c2coc(n2)-c2coc(n2)-c2coc1n2. The van der Waals surface area contributed by atoms with E-state index >= 15 is 0 Å². The predicted molar refractivity (Wildman–Crippen MR) is 145 cm³/mol. The van der Waals surface area contributed by atoms with Crippen molar-refractivity contribution in [1.29, 1.82) is 0 Å². The second-order valence-electron chi connectivity index (χ2n) is 9.49. The van der Waals surface area contributed by atoms with E-state index in [9.17, 15) is 4.79 Å². The highest BCUT2D eigenvalue weighted by atomic mass is 16.5. The summed E-state index contributed by atoms with van der Waals surface area (Å²) < 4.78 is 38.9. The average molecular weight is 583 g/mol. The van der Waals surface area contributed by atoms with Crippen LogP contribution in [0.25, 0.3) is 58.5 Å². The zero-order valence-corrected chi connectivity index (χ0v) is 22.8. The molecule has 0 fully saturated rings. The maximum Gasteiger partial charge on any atom is 0.306 e. The van der Waals surface area contributed by atoms with Gasteiger partial charge in [-0.25, -0.2) is 29.9 Å². The van der Waals surface area contributed by atoms with Crippen molar-refractivity contribution in [3.05, 3.63) is 72.9 Å². The Morgan fingerprint density at radius 2 is 1.07 bits per heavy atom. The minimum absolute atomic E-state index is 0.0354. The Bertz CT molecular complexity index is 1950. The molecule has 0 radical (unpaired) electrons. The summed E-state index contributed by atoms with van der Waals surface area (Å²) in [5.74, 6) is 0.490. The molecule has 6 aromatic rings. The largest absolute Gasteiger partial charge is 0.469 e. The summed E-state index contributed by atoms with van der Waals surface area (Å²) >= 11 is 0. The van der Waals surface area contributed by atoms with E-state index in [0.29, 0.717) is 40.1 Å². The van der Waals surface area contributed by atoms with Gasteiger partial charge in [0.1, 0.15) is 49.0 Å². The average Bonchev–Trinajstić information content (AvgIpc) is 3.86. The molecule has 0 saturated carbocycles. The van der Waals surface area contributed by atoms with E-state index in [1.807, 2.05) is 19.1 Å². The Labute approximate surface area is 242 Å². The molecule has 0 spiro atoms. The number of allylic oxidation sites excluding steroid dienone is 2. The number of aromatic nitrogens is 6. The van der Waals surface area contributed by atoms with E-state index in [2.05, 4.69) is 29.9 Å². The Kier molecular flexibility index (Phi) is 6.62. The molecule has 12 bridgehead atoms. The highest BCUT2D eigenvalue weighted by Crippen LogP contribution is 2.31. The van der Waals surface area contributed by atoms with Gasteiger partial charge < -0.3 is 31.2 Å². The van der Waals surface area contributed by atoms with Crippen molar-refractivity contribution < 1.29 is 36.0 Å². The third-order valence-electron chi connectivity index (χ3n) is 6.66. The fourth-order valence-corrected chi connectivity index (χ4v) is 4.38. The van der Waals surface area contributed by atoms with Crippen LogP contribution >= 0.6 is 0 Å². The van der Waals surface area contributed by atoms with Crippen LogP contribution in [0.4, 0.5) is 0 Å². The standard InChI is InChI=1S/C29H22N6O8/c1-3-15-4-6-17-9-38-26(30-17)19-14-43-29(35-19)22-12-41-25(33-22)16(8-23(36)37-2)5-7-18-10-39-27(31-18)20-13-42-28(34-20)21-11-40-24(15)32-21/h4-7,9-16H,3,8H2,1-2H3/b6-4+,7-5+. The fraction of sp³-hybridized carbons (Fsp3) is 0.207. The molecule has 7 heterocycles. The second-order valence-corrected chi connectivity index (χ2v) is 9.49. The summed E-state index contributed by atoms with van der Waals surface area (Å²) in [5, 5.41) is 0.